The van der Waals surface area contributed by atoms with Crippen molar-refractivity contribution in [2.24, 2.45) is 5.73 Å². The lowest BCUT2D eigenvalue weighted by Crippen LogP contribution is -2.03. The van der Waals surface area contributed by atoms with Gasteiger partial charge in [0.15, 0.2) is 5.76 Å². The third-order valence-corrected chi connectivity index (χ3v) is 2.13. The van der Waals surface area contributed by atoms with Crippen LogP contribution in [0.3, 0.4) is 0 Å². The zero-order valence-electron chi connectivity index (χ0n) is 8.15. The van der Waals surface area contributed by atoms with Gasteiger partial charge in [0.2, 0.25) is 0 Å². The average Bonchev–Trinajstić information content (AvgIpc) is 2.59. The minimum absolute atomic E-state index is 0.145. The van der Waals surface area contributed by atoms with Crippen LogP contribution < -0.4 is 10.5 Å². The van der Waals surface area contributed by atoms with Crippen molar-refractivity contribution in [1.29, 1.82) is 0 Å². The summed E-state index contributed by atoms with van der Waals surface area (Å²) >= 11 is 0. The van der Waals surface area contributed by atoms with E-state index in [0.717, 1.165) is 16.7 Å². The van der Waals surface area contributed by atoms with Crippen LogP contribution in [-0.4, -0.2) is 12.3 Å². The fourth-order valence-electron chi connectivity index (χ4n) is 1.40. The quantitative estimate of drug-likeness (QED) is 0.788. The number of ether oxygens (including phenoxy) is 1. The Bertz CT molecular complexity index is 448. The van der Waals surface area contributed by atoms with Gasteiger partial charge in [0.1, 0.15) is 11.3 Å². The van der Waals surface area contributed by atoms with Gasteiger partial charge >= 0.3 is 0 Å². The van der Waals surface area contributed by atoms with Crippen LogP contribution in [0.5, 0.6) is 5.75 Å². The highest BCUT2D eigenvalue weighted by atomic mass is 16.5. The summed E-state index contributed by atoms with van der Waals surface area (Å²) in [6, 6.07) is 5.45. The lowest BCUT2D eigenvalue weighted by Gasteiger charge is -2.00. The molecule has 0 aliphatic carbocycles. The second-order valence-electron chi connectivity index (χ2n) is 3.22. The molecule has 1 heterocycles. The van der Waals surface area contributed by atoms with E-state index in [2.05, 4.69) is 5.16 Å². The Balaban J connectivity index is 2.59. The monoisotopic (exact) mass is 192 g/mol. The second-order valence-corrected chi connectivity index (χ2v) is 3.22. The highest BCUT2D eigenvalue weighted by Gasteiger charge is 2.12. The van der Waals surface area contributed by atoms with Crippen molar-refractivity contribution in [2.45, 2.75) is 13.0 Å². The van der Waals surface area contributed by atoms with E-state index in [9.17, 15) is 0 Å². The fourth-order valence-corrected chi connectivity index (χ4v) is 1.40. The first-order valence-electron chi connectivity index (χ1n) is 4.41. The van der Waals surface area contributed by atoms with Gasteiger partial charge in [0, 0.05) is 11.5 Å². The molecule has 2 aromatic rings. The Hall–Kier alpha value is -1.55. The van der Waals surface area contributed by atoms with Crippen molar-refractivity contribution >= 4 is 10.9 Å². The van der Waals surface area contributed by atoms with Crippen molar-refractivity contribution < 1.29 is 9.26 Å². The van der Waals surface area contributed by atoms with E-state index in [1.54, 1.807) is 7.11 Å². The number of aromatic nitrogens is 1. The Morgan fingerprint density at radius 1 is 1.50 bits per heavy atom. The highest BCUT2D eigenvalue weighted by molar-refractivity contribution is 5.82. The Kier molecular flexibility index (Phi) is 2.13. The number of methoxy groups -OCH3 is 1. The summed E-state index contributed by atoms with van der Waals surface area (Å²) in [5.74, 6) is 1.48. The third kappa shape index (κ3) is 1.33. The van der Waals surface area contributed by atoms with Gasteiger partial charge in [-0.2, -0.15) is 0 Å². The molecule has 0 spiro atoms. The molecule has 0 amide bonds. The summed E-state index contributed by atoms with van der Waals surface area (Å²) in [7, 11) is 1.62. The Morgan fingerprint density at radius 2 is 2.29 bits per heavy atom. The molecule has 0 saturated heterocycles. The second kappa shape index (κ2) is 3.31. The predicted molar refractivity (Wildman–Crippen MR) is 53.2 cm³/mol. The molecule has 0 fully saturated rings. The SMILES string of the molecule is COc1ccc2c(C(C)N)onc2c1. The first-order chi connectivity index (χ1) is 6.72. The number of benzene rings is 1. The molecule has 0 saturated carbocycles. The lowest BCUT2D eigenvalue weighted by atomic mass is 10.1. The molecule has 2 N–H and O–H groups in total. The van der Waals surface area contributed by atoms with E-state index in [1.165, 1.54) is 0 Å². The molecule has 0 radical (unpaired) electrons. The first kappa shape index (κ1) is 9.02. The zero-order chi connectivity index (χ0) is 10.1. The zero-order valence-corrected chi connectivity index (χ0v) is 8.15. The van der Waals surface area contributed by atoms with E-state index in [4.69, 9.17) is 15.0 Å². The van der Waals surface area contributed by atoms with E-state index in [1.807, 2.05) is 25.1 Å². The largest absolute Gasteiger partial charge is 0.497 e. The van der Waals surface area contributed by atoms with Crippen LogP contribution in [0.15, 0.2) is 22.7 Å². The number of rotatable bonds is 2. The molecule has 0 aliphatic heterocycles. The Labute approximate surface area is 81.6 Å². The van der Waals surface area contributed by atoms with Gasteiger partial charge in [-0.25, -0.2) is 0 Å². The molecule has 0 bridgehead atoms. The summed E-state index contributed by atoms with van der Waals surface area (Å²) in [5, 5.41) is 4.86. The van der Waals surface area contributed by atoms with Gasteiger partial charge < -0.3 is 15.0 Å². The molecule has 4 heteroatoms. The van der Waals surface area contributed by atoms with Crippen LogP contribution in [0, 0.1) is 0 Å². The van der Waals surface area contributed by atoms with E-state index in [0.29, 0.717) is 5.76 Å². The molecule has 14 heavy (non-hydrogen) atoms. The van der Waals surface area contributed by atoms with Gasteiger partial charge in [-0.05, 0) is 19.1 Å². The van der Waals surface area contributed by atoms with Gasteiger partial charge in [-0.1, -0.05) is 5.16 Å². The van der Waals surface area contributed by atoms with Crippen LogP contribution in [-0.2, 0) is 0 Å². The van der Waals surface area contributed by atoms with Crippen LogP contribution in [0.1, 0.15) is 18.7 Å². The molecule has 2 rings (SSSR count). The number of nitrogens with zero attached hydrogens (tertiary/aromatic N) is 1. The maximum Gasteiger partial charge on any atom is 0.160 e. The Morgan fingerprint density at radius 3 is 2.93 bits per heavy atom. The molecular formula is C10H12N2O2. The minimum Gasteiger partial charge on any atom is -0.497 e. The van der Waals surface area contributed by atoms with Crippen LogP contribution in [0.25, 0.3) is 10.9 Å². The maximum absolute atomic E-state index is 5.73. The van der Waals surface area contributed by atoms with Gasteiger partial charge in [0.25, 0.3) is 0 Å². The van der Waals surface area contributed by atoms with Gasteiger partial charge in [-0.3, -0.25) is 0 Å². The highest BCUT2D eigenvalue weighted by Crippen LogP contribution is 2.25. The minimum atomic E-state index is -0.145. The van der Waals surface area contributed by atoms with Crippen molar-refractivity contribution in [1.82, 2.24) is 5.16 Å². The normalized spacial score (nSPS) is 13.1. The molecule has 1 aromatic carbocycles. The summed E-state index contributed by atoms with van der Waals surface area (Å²) < 4.78 is 10.2. The van der Waals surface area contributed by atoms with Crippen LogP contribution in [0.4, 0.5) is 0 Å². The van der Waals surface area contributed by atoms with Crippen molar-refractivity contribution in [2.75, 3.05) is 7.11 Å². The molecule has 1 atom stereocenters. The summed E-state index contributed by atoms with van der Waals surface area (Å²) in [5.41, 5.74) is 6.50. The van der Waals surface area contributed by atoms with Crippen molar-refractivity contribution in [3.8, 4) is 5.75 Å². The average molecular weight is 192 g/mol. The van der Waals surface area contributed by atoms with Crippen molar-refractivity contribution in [3.63, 3.8) is 0 Å². The lowest BCUT2D eigenvalue weighted by molar-refractivity contribution is 0.375. The number of hydrogen-bond acceptors (Lipinski definition) is 4. The summed E-state index contributed by atoms with van der Waals surface area (Å²) in [6.45, 7) is 1.87. The molecule has 0 aliphatic rings. The van der Waals surface area contributed by atoms with Crippen LogP contribution in [0.2, 0.25) is 0 Å². The molecule has 4 nitrogen and oxygen atoms in total. The smallest absolute Gasteiger partial charge is 0.160 e. The maximum atomic E-state index is 5.73. The number of hydrogen-bond donors (Lipinski definition) is 1. The molecular weight excluding hydrogens is 180 g/mol. The number of nitrogens with two attached hydrogens (primary N) is 1. The third-order valence-electron chi connectivity index (χ3n) is 2.13. The predicted octanol–water partition coefficient (Wildman–Crippen LogP) is 1.86. The molecule has 1 unspecified atom stereocenters. The summed E-state index contributed by atoms with van der Waals surface area (Å²) in [4.78, 5) is 0. The number of fused-ring (bicyclic) bond motifs is 1. The summed E-state index contributed by atoms with van der Waals surface area (Å²) in [6.07, 6.45) is 0. The standard InChI is InChI=1S/C10H12N2O2/c1-6(11)10-8-4-3-7(13-2)5-9(8)12-14-10/h3-6H,11H2,1-2H3. The van der Waals surface area contributed by atoms with E-state index < -0.39 is 0 Å². The molecule has 74 valence electrons. The van der Waals surface area contributed by atoms with E-state index in [-0.39, 0.29) is 6.04 Å². The first-order valence-corrected chi connectivity index (χ1v) is 4.41. The van der Waals surface area contributed by atoms with Gasteiger partial charge in [-0.15, -0.1) is 0 Å². The van der Waals surface area contributed by atoms with Crippen LogP contribution >= 0.6 is 0 Å². The molecule has 1 aromatic heterocycles. The van der Waals surface area contributed by atoms with Gasteiger partial charge in [0.05, 0.1) is 13.2 Å². The van der Waals surface area contributed by atoms with E-state index >= 15 is 0 Å². The van der Waals surface area contributed by atoms with Crippen molar-refractivity contribution in [3.05, 3.63) is 24.0 Å². The fraction of sp³-hybridized carbons (Fsp3) is 0.300. The topological polar surface area (TPSA) is 61.3 Å².